The summed E-state index contributed by atoms with van der Waals surface area (Å²) in [5.74, 6) is 0.688. The summed E-state index contributed by atoms with van der Waals surface area (Å²) < 4.78 is 2.68. The minimum atomic E-state index is 0.555. The minimum absolute atomic E-state index is 0.555. The van der Waals surface area contributed by atoms with Gasteiger partial charge in [-0.25, -0.2) is 9.67 Å². The quantitative estimate of drug-likeness (QED) is 0.521. The van der Waals surface area contributed by atoms with Crippen molar-refractivity contribution in [2.24, 2.45) is 0 Å². The molecule has 20 heavy (non-hydrogen) atoms. The molecule has 0 radical (unpaired) electrons. The first-order chi connectivity index (χ1) is 9.79. The molecular formula is C15H10IN3O. The number of aromatic nitrogens is 3. The first-order valence-corrected chi connectivity index (χ1v) is 7.08. The monoisotopic (exact) mass is 375 g/mol. The third-order valence-electron chi connectivity index (χ3n) is 2.88. The molecule has 5 heteroatoms. The number of nitrogens with zero attached hydrogens (tertiary/aromatic N) is 3. The second-order valence-electron chi connectivity index (χ2n) is 4.16. The van der Waals surface area contributed by atoms with Crippen LogP contribution in [-0.2, 0) is 0 Å². The molecule has 4 nitrogen and oxygen atoms in total. The molecule has 3 aromatic rings. The zero-order chi connectivity index (χ0) is 13.9. The molecule has 0 aliphatic heterocycles. The van der Waals surface area contributed by atoms with Crippen molar-refractivity contribution in [3.8, 4) is 17.1 Å². The predicted octanol–water partition coefficient (Wildman–Crippen LogP) is 3.35. The summed E-state index contributed by atoms with van der Waals surface area (Å²) in [6, 6.07) is 13.4. The van der Waals surface area contributed by atoms with E-state index in [1.54, 1.807) is 17.1 Å². The van der Waals surface area contributed by atoms with Crippen LogP contribution >= 0.6 is 22.6 Å². The van der Waals surface area contributed by atoms with Gasteiger partial charge in [-0.3, -0.25) is 4.79 Å². The molecule has 0 aliphatic rings. The zero-order valence-electron chi connectivity index (χ0n) is 10.4. The molecule has 0 N–H and O–H groups in total. The molecule has 0 saturated heterocycles. The normalized spacial score (nSPS) is 10.4. The van der Waals surface area contributed by atoms with Crippen molar-refractivity contribution in [2.45, 2.75) is 0 Å². The Balaban J connectivity index is 2.16. The standard InChI is InChI=1S/C15H10IN3O/c16-13-6-2-1-5-12(13)15-11(10-20)9-19(18-15)14-7-3-4-8-17-14/h1-10H. The van der Waals surface area contributed by atoms with E-state index in [2.05, 4.69) is 32.7 Å². The molecule has 0 saturated carbocycles. The molecule has 0 fully saturated rings. The molecule has 98 valence electrons. The van der Waals surface area contributed by atoms with Crippen molar-refractivity contribution in [1.82, 2.24) is 14.8 Å². The maximum absolute atomic E-state index is 11.3. The topological polar surface area (TPSA) is 47.8 Å². The SMILES string of the molecule is O=Cc1cn(-c2ccccn2)nc1-c1ccccc1I. The van der Waals surface area contributed by atoms with Crippen LogP contribution in [0.15, 0.2) is 54.9 Å². The Morgan fingerprint density at radius 1 is 1.10 bits per heavy atom. The van der Waals surface area contributed by atoms with E-state index >= 15 is 0 Å². The molecule has 0 atom stereocenters. The van der Waals surface area contributed by atoms with Crippen molar-refractivity contribution in [3.63, 3.8) is 0 Å². The van der Waals surface area contributed by atoms with Crippen LogP contribution in [0.1, 0.15) is 10.4 Å². The number of hydrogen-bond donors (Lipinski definition) is 0. The number of hydrogen-bond acceptors (Lipinski definition) is 3. The highest BCUT2D eigenvalue weighted by Gasteiger charge is 2.14. The Labute approximate surface area is 129 Å². The Morgan fingerprint density at radius 2 is 1.90 bits per heavy atom. The maximum atomic E-state index is 11.3. The second kappa shape index (κ2) is 5.54. The van der Waals surface area contributed by atoms with Crippen LogP contribution in [0.5, 0.6) is 0 Å². The van der Waals surface area contributed by atoms with Crippen molar-refractivity contribution < 1.29 is 4.79 Å². The van der Waals surface area contributed by atoms with Gasteiger partial charge < -0.3 is 0 Å². The molecule has 0 spiro atoms. The average molecular weight is 375 g/mol. The molecule has 3 rings (SSSR count). The van der Waals surface area contributed by atoms with Gasteiger partial charge in [-0.05, 0) is 40.8 Å². The molecule has 2 aromatic heterocycles. The Bertz CT molecular complexity index is 753. The van der Waals surface area contributed by atoms with Gasteiger partial charge in [0.1, 0.15) is 5.69 Å². The summed E-state index contributed by atoms with van der Waals surface area (Å²) in [7, 11) is 0. The second-order valence-corrected chi connectivity index (χ2v) is 5.33. The van der Waals surface area contributed by atoms with Gasteiger partial charge in [-0.15, -0.1) is 0 Å². The van der Waals surface area contributed by atoms with E-state index in [1.165, 1.54) is 0 Å². The zero-order valence-corrected chi connectivity index (χ0v) is 12.6. The van der Waals surface area contributed by atoms with Gasteiger partial charge in [0.25, 0.3) is 0 Å². The first-order valence-electron chi connectivity index (χ1n) is 6.01. The van der Waals surface area contributed by atoms with E-state index in [0.717, 1.165) is 15.4 Å². The van der Waals surface area contributed by atoms with Crippen molar-refractivity contribution in [3.05, 3.63) is 64.0 Å². The molecule has 0 aliphatic carbocycles. The summed E-state index contributed by atoms with van der Waals surface area (Å²) in [5, 5.41) is 4.50. The lowest BCUT2D eigenvalue weighted by atomic mass is 10.1. The number of benzene rings is 1. The lowest BCUT2D eigenvalue weighted by Crippen LogP contribution is -1.97. The number of rotatable bonds is 3. The van der Waals surface area contributed by atoms with Gasteiger partial charge >= 0.3 is 0 Å². The fourth-order valence-electron chi connectivity index (χ4n) is 1.94. The minimum Gasteiger partial charge on any atom is -0.298 e. The van der Waals surface area contributed by atoms with E-state index in [9.17, 15) is 4.79 Å². The average Bonchev–Trinajstić information content (AvgIpc) is 2.93. The molecule has 2 heterocycles. The van der Waals surface area contributed by atoms with Gasteiger partial charge in [0, 0.05) is 21.5 Å². The summed E-state index contributed by atoms with van der Waals surface area (Å²) in [5.41, 5.74) is 2.18. The van der Waals surface area contributed by atoms with Crippen LogP contribution in [0.25, 0.3) is 17.1 Å². The number of pyridine rings is 1. The van der Waals surface area contributed by atoms with Gasteiger partial charge in [0.15, 0.2) is 12.1 Å². The van der Waals surface area contributed by atoms with Gasteiger partial charge in [0.2, 0.25) is 0 Å². The van der Waals surface area contributed by atoms with Crippen LogP contribution in [0.4, 0.5) is 0 Å². The Hall–Kier alpha value is -2.02. The Morgan fingerprint density at radius 3 is 2.60 bits per heavy atom. The summed E-state index contributed by atoms with van der Waals surface area (Å²) in [6.07, 6.45) is 4.22. The highest BCUT2D eigenvalue weighted by molar-refractivity contribution is 14.1. The smallest absolute Gasteiger partial charge is 0.153 e. The van der Waals surface area contributed by atoms with Gasteiger partial charge in [-0.1, -0.05) is 24.3 Å². The van der Waals surface area contributed by atoms with Crippen LogP contribution in [0, 0.1) is 3.57 Å². The molecule has 0 amide bonds. The fraction of sp³-hybridized carbons (Fsp3) is 0. The molecule has 0 bridgehead atoms. The third-order valence-corrected chi connectivity index (χ3v) is 3.82. The van der Waals surface area contributed by atoms with Crippen molar-refractivity contribution in [1.29, 1.82) is 0 Å². The molecule has 0 unspecified atom stereocenters. The highest BCUT2D eigenvalue weighted by Crippen LogP contribution is 2.26. The van der Waals surface area contributed by atoms with E-state index in [1.807, 2.05) is 42.5 Å². The van der Waals surface area contributed by atoms with Crippen molar-refractivity contribution in [2.75, 3.05) is 0 Å². The largest absolute Gasteiger partial charge is 0.298 e. The van der Waals surface area contributed by atoms with Gasteiger partial charge in [-0.2, -0.15) is 5.10 Å². The Kier molecular flexibility index (Phi) is 3.60. The number of aldehydes is 1. The third kappa shape index (κ3) is 2.36. The van der Waals surface area contributed by atoms with E-state index in [-0.39, 0.29) is 0 Å². The summed E-state index contributed by atoms with van der Waals surface area (Å²) in [6.45, 7) is 0. The number of carbonyl (C=O) groups is 1. The number of halogens is 1. The predicted molar refractivity (Wildman–Crippen MR) is 84.9 cm³/mol. The van der Waals surface area contributed by atoms with Crippen LogP contribution in [0.3, 0.4) is 0 Å². The molecule has 1 aromatic carbocycles. The van der Waals surface area contributed by atoms with E-state index < -0.39 is 0 Å². The van der Waals surface area contributed by atoms with Crippen LogP contribution in [-0.4, -0.2) is 21.1 Å². The molecular weight excluding hydrogens is 365 g/mol. The van der Waals surface area contributed by atoms with Crippen LogP contribution < -0.4 is 0 Å². The lowest BCUT2D eigenvalue weighted by Gasteiger charge is -2.01. The number of carbonyl (C=O) groups excluding carboxylic acids is 1. The van der Waals surface area contributed by atoms with Crippen molar-refractivity contribution >= 4 is 28.9 Å². The van der Waals surface area contributed by atoms with Gasteiger partial charge in [0.05, 0.1) is 5.56 Å². The van der Waals surface area contributed by atoms with Crippen LogP contribution in [0.2, 0.25) is 0 Å². The lowest BCUT2D eigenvalue weighted by molar-refractivity contribution is 0.112. The fourth-order valence-corrected chi connectivity index (χ4v) is 2.59. The summed E-state index contributed by atoms with van der Waals surface area (Å²) >= 11 is 2.24. The highest BCUT2D eigenvalue weighted by atomic mass is 127. The summed E-state index contributed by atoms with van der Waals surface area (Å²) in [4.78, 5) is 15.5. The first kappa shape index (κ1) is 13.0. The maximum Gasteiger partial charge on any atom is 0.153 e. The van der Waals surface area contributed by atoms with E-state index in [0.29, 0.717) is 17.1 Å². The van der Waals surface area contributed by atoms with E-state index in [4.69, 9.17) is 0 Å².